The van der Waals surface area contributed by atoms with Crippen molar-refractivity contribution in [2.75, 3.05) is 36.0 Å². The molecule has 166 valence electrons. The van der Waals surface area contributed by atoms with Crippen LogP contribution in [0.5, 0.6) is 5.75 Å². The Morgan fingerprint density at radius 3 is 2.61 bits per heavy atom. The smallest absolute Gasteiger partial charge is 0.227 e. The maximum atomic E-state index is 14.4. The summed E-state index contributed by atoms with van der Waals surface area (Å²) in [6.45, 7) is 5.56. The van der Waals surface area contributed by atoms with E-state index in [-0.39, 0.29) is 30.2 Å². The van der Waals surface area contributed by atoms with Crippen LogP contribution in [-0.2, 0) is 4.79 Å². The topological polar surface area (TPSA) is 58.6 Å². The summed E-state index contributed by atoms with van der Waals surface area (Å²) in [6.07, 6.45) is 1.91. The van der Waals surface area contributed by atoms with Crippen molar-refractivity contribution < 1.29 is 18.3 Å². The van der Waals surface area contributed by atoms with E-state index in [0.717, 1.165) is 17.7 Å². The van der Waals surface area contributed by atoms with E-state index in [1.165, 1.54) is 6.20 Å². The van der Waals surface area contributed by atoms with E-state index in [1.807, 2.05) is 36.1 Å². The van der Waals surface area contributed by atoms with E-state index in [2.05, 4.69) is 9.97 Å². The van der Waals surface area contributed by atoms with Gasteiger partial charge >= 0.3 is 0 Å². The van der Waals surface area contributed by atoms with Gasteiger partial charge in [0, 0.05) is 25.9 Å². The Labute approximate surface area is 181 Å². The SMILES string of the molecule is CC(=O)C[C@@H](C)c1ccc(O[C@@H]2CCN(c3nc(N4CC[C@H](F)C4)ncc3F)C2)cc1. The highest BCUT2D eigenvalue weighted by molar-refractivity contribution is 5.76. The Kier molecular flexibility index (Phi) is 6.34. The van der Waals surface area contributed by atoms with Crippen LogP contribution in [0, 0.1) is 5.82 Å². The number of nitrogens with zero attached hydrogens (tertiary/aromatic N) is 4. The van der Waals surface area contributed by atoms with Crippen LogP contribution >= 0.6 is 0 Å². The van der Waals surface area contributed by atoms with Gasteiger partial charge in [-0.05, 0) is 37.0 Å². The standard InChI is InChI=1S/C23H28F2N4O2/c1-15(11-16(2)30)17-3-5-19(6-4-17)31-20-8-10-28(14-20)22-21(25)12-26-23(27-22)29-9-7-18(24)13-29/h3-6,12,15,18,20H,7-11,13-14H2,1-2H3/t15-,18+,20-/m1/s1. The van der Waals surface area contributed by atoms with E-state index in [4.69, 9.17) is 4.74 Å². The third-order valence-corrected chi connectivity index (χ3v) is 5.92. The number of anilines is 2. The second-order valence-electron chi connectivity index (χ2n) is 8.52. The molecule has 2 aliphatic rings. The molecule has 0 spiro atoms. The van der Waals surface area contributed by atoms with Gasteiger partial charge < -0.3 is 19.3 Å². The number of alkyl halides is 1. The van der Waals surface area contributed by atoms with Gasteiger partial charge in [-0.15, -0.1) is 0 Å². The third-order valence-electron chi connectivity index (χ3n) is 5.92. The van der Waals surface area contributed by atoms with Gasteiger partial charge in [0.1, 0.15) is 23.8 Å². The average Bonchev–Trinajstić information content (AvgIpc) is 3.37. The van der Waals surface area contributed by atoms with Crippen molar-refractivity contribution in [3.05, 3.63) is 41.8 Å². The number of carbonyl (C=O) groups excluding carboxylic acids is 1. The lowest BCUT2D eigenvalue weighted by Gasteiger charge is -2.21. The molecule has 1 aromatic carbocycles. The van der Waals surface area contributed by atoms with E-state index in [0.29, 0.717) is 38.4 Å². The second-order valence-corrected chi connectivity index (χ2v) is 8.52. The highest BCUT2D eigenvalue weighted by Gasteiger charge is 2.29. The molecule has 8 heteroatoms. The van der Waals surface area contributed by atoms with Crippen molar-refractivity contribution in [2.24, 2.45) is 0 Å². The fourth-order valence-electron chi connectivity index (χ4n) is 4.26. The molecule has 1 aromatic heterocycles. The van der Waals surface area contributed by atoms with Crippen molar-refractivity contribution >= 4 is 17.5 Å². The highest BCUT2D eigenvalue weighted by atomic mass is 19.1. The van der Waals surface area contributed by atoms with Crippen LogP contribution in [0.2, 0.25) is 0 Å². The summed E-state index contributed by atoms with van der Waals surface area (Å²) in [7, 11) is 0. The Morgan fingerprint density at radius 1 is 1.19 bits per heavy atom. The summed E-state index contributed by atoms with van der Waals surface area (Å²) in [5, 5.41) is 0. The Balaban J connectivity index is 1.38. The number of rotatable bonds is 7. The van der Waals surface area contributed by atoms with Gasteiger partial charge in [-0.3, -0.25) is 0 Å². The molecule has 2 saturated heterocycles. The first-order valence-electron chi connectivity index (χ1n) is 10.8. The van der Waals surface area contributed by atoms with Gasteiger partial charge in [-0.1, -0.05) is 19.1 Å². The van der Waals surface area contributed by atoms with Gasteiger partial charge in [-0.25, -0.2) is 13.8 Å². The van der Waals surface area contributed by atoms with E-state index >= 15 is 0 Å². The molecule has 0 bridgehead atoms. The third kappa shape index (κ3) is 5.11. The zero-order valence-electron chi connectivity index (χ0n) is 17.9. The summed E-state index contributed by atoms with van der Waals surface area (Å²) >= 11 is 0. The lowest BCUT2D eigenvalue weighted by molar-refractivity contribution is -0.117. The first-order chi connectivity index (χ1) is 14.9. The number of ketones is 1. The van der Waals surface area contributed by atoms with Gasteiger partial charge in [0.25, 0.3) is 0 Å². The molecule has 3 atom stereocenters. The molecule has 0 unspecified atom stereocenters. The first kappa shape index (κ1) is 21.5. The minimum atomic E-state index is -0.890. The number of carbonyl (C=O) groups is 1. The second kappa shape index (κ2) is 9.16. The minimum Gasteiger partial charge on any atom is -0.489 e. The molecule has 0 radical (unpaired) electrons. The molecule has 0 amide bonds. The molecular formula is C23H28F2N4O2. The maximum absolute atomic E-state index is 14.4. The summed E-state index contributed by atoms with van der Waals surface area (Å²) in [4.78, 5) is 23.4. The molecule has 2 aromatic rings. The average molecular weight is 430 g/mol. The van der Waals surface area contributed by atoms with Gasteiger partial charge in [-0.2, -0.15) is 4.98 Å². The van der Waals surface area contributed by atoms with Crippen molar-refractivity contribution in [1.82, 2.24) is 9.97 Å². The van der Waals surface area contributed by atoms with Crippen LogP contribution in [0.3, 0.4) is 0 Å². The molecule has 2 aliphatic heterocycles. The van der Waals surface area contributed by atoms with E-state index in [9.17, 15) is 13.6 Å². The van der Waals surface area contributed by atoms with Crippen LogP contribution in [0.15, 0.2) is 30.5 Å². The number of ether oxygens (including phenoxy) is 1. The van der Waals surface area contributed by atoms with Crippen LogP contribution in [0.25, 0.3) is 0 Å². The summed E-state index contributed by atoms with van der Waals surface area (Å²) in [5.41, 5.74) is 1.10. The number of hydrogen-bond donors (Lipinski definition) is 0. The summed E-state index contributed by atoms with van der Waals surface area (Å²) < 4.78 is 34.0. The maximum Gasteiger partial charge on any atom is 0.227 e. The Morgan fingerprint density at radius 2 is 1.94 bits per heavy atom. The Bertz CT molecular complexity index is 924. The fraction of sp³-hybridized carbons (Fsp3) is 0.522. The minimum absolute atomic E-state index is 0.0830. The molecule has 0 saturated carbocycles. The molecule has 4 rings (SSSR count). The molecule has 3 heterocycles. The van der Waals surface area contributed by atoms with Crippen molar-refractivity contribution in [2.45, 2.75) is 51.3 Å². The molecule has 31 heavy (non-hydrogen) atoms. The lowest BCUT2D eigenvalue weighted by atomic mass is 9.96. The number of hydrogen-bond acceptors (Lipinski definition) is 6. The first-order valence-corrected chi connectivity index (χ1v) is 10.8. The molecule has 0 N–H and O–H groups in total. The number of Topliss-reactive ketones (excluding diaryl/α,β-unsaturated/α-hetero) is 1. The summed E-state index contributed by atoms with van der Waals surface area (Å²) in [6, 6.07) is 7.80. The predicted octanol–water partition coefficient (Wildman–Crippen LogP) is 3.90. The predicted molar refractivity (Wildman–Crippen MR) is 115 cm³/mol. The van der Waals surface area contributed by atoms with Crippen molar-refractivity contribution in [3.63, 3.8) is 0 Å². The number of aromatic nitrogens is 2. The fourth-order valence-corrected chi connectivity index (χ4v) is 4.26. The monoisotopic (exact) mass is 430 g/mol. The van der Waals surface area contributed by atoms with Crippen LogP contribution in [0.1, 0.15) is 44.6 Å². The molecular weight excluding hydrogens is 402 g/mol. The highest BCUT2D eigenvalue weighted by Crippen LogP contribution is 2.28. The Hall–Kier alpha value is -2.77. The van der Waals surface area contributed by atoms with Crippen LogP contribution in [-0.4, -0.2) is 54.2 Å². The quantitative estimate of drug-likeness (QED) is 0.664. The van der Waals surface area contributed by atoms with Gasteiger partial charge in [0.2, 0.25) is 5.95 Å². The van der Waals surface area contributed by atoms with Gasteiger partial charge in [0.05, 0.1) is 19.3 Å². The number of benzene rings is 1. The van der Waals surface area contributed by atoms with Crippen molar-refractivity contribution in [3.8, 4) is 5.75 Å². The van der Waals surface area contributed by atoms with Gasteiger partial charge in [0.15, 0.2) is 11.6 Å². The normalized spacial score (nSPS) is 22.1. The summed E-state index contributed by atoms with van der Waals surface area (Å²) in [5.74, 6) is 1.23. The van der Waals surface area contributed by atoms with Crippen molar-refractivity contribution in [1.29, 1.82) is 0 Å². The molecule has 6 nitrogen and oxygen atoms in total. The molecule has 0 aliphatic carbocycles. The van der Waals surface area contributed by atoms with Crippen LogP contribution in [0.4, 0.5) is 20.5 Å². The van der Waals surface area contributed by atoms with E-state index < -0.39 is 12.0 Å². The zero-order valence-corrected chi connectivity index (χ0v) is 17.9. The lowest BCUT2D eigenvalue weighted by Crippen LogP contribution is -2.28. The number of halogens is 2. The zero-order chi connectivity index (χ0) is 22.0. The largest absolute Gasteiger partial charge is 0.489 e. The van der Waals surface area contributed by atoms with Crippen LogP contribution < -0.4 is 14.5 Å². The van der Waals surface area contributed by atoms with E-state index in [1.54, 1.807) is 11.8 Å². The molecule has 2 fully saturated rings.